The van der Waals surface area contributed by atoms with Gasteiger partial charge in [-0.05, 0) is 11.6 Å². The number of hydrogen-bond acceptors (Lipinski definition) is 4. The molecule has 0 saturated carbocycles. The van der Waals surface area contributed by atoms with Crippen molar-refractivity contribution in [2.75, 3.05) is 0 Å². The Balaban J connectivity index is 2.35. The number of aromatic nitrogens is 1. The lowest BCUT2D eigenvalue weighted by Gasteiger charge is -2.30. The van der Waals surface area contributed by atoms with Gasteiger partial charge in [-0.15, -0.1) is 0 Å². The van der Waals surface area contributed by atoms with E-state index in [0.29, 0.717) is 10.5 Å². The number of nitrogens with one attached hydrogen (secondary N) is 2. The second-order valence-electron chi connectivity index (χ2n) is 5.57. The van der Waals surface area contributed by atoms with Crippen molar-refractivity contribution in [3.63, 3.8) is 0 Å². The lowest BCUT2D eigenvalue weighted by atomic mass is 10.1. The van der Waals surface area contributed by atoms with Gasteiger partial charge in [-0.1, -0.05) is 19.9 Å². The molecule has 130 valence electrons. The van der Waals surface area contributed by atoms with Crippen LogP contribution in [0.2, 0.25) is 0 Å². The van der Waals surface area contributed by atoms with E-state index in [-0.39, 0.29) is 0 Å². The van der Waals surface area contributed by atoms with E-state index in [4.69, 9.17) is 0 Å². The first-order chi connectivity index (χ1) is 11.1. The zero-order chi connectivity index (χ0) is 18.1. The van der Waals surface area contributed by atoms with Crippen LogP contribution < -0.4 is 10.6 Å². The van der Waals surface area contributed by atoms with Crippen molar-refractivity contribution in [1.82, 2.24) is 20.5 Å². The summed E-state index contributed by atoms with van der Waals surface area (Å²) in [6.45, 7) is 2.34. The number of nitrogens with zero attached hydrogens (tertiary/aromatic N) is 2. The van der Waals surface area contributed by atoms with Gasteiger partial charge in [0.05, 0.1) is 6.54 Å². The Labute approximate surface area is 135 Å². The lowest BCUT2D eigenvalue weighted by molar-refractivity contribution is -0.204. The molecule has 1 aliphatic rings. The number of alkyl halides is 3. The number of carbonyl (C=O) groups is 3. The maximum Gasteiger partial charge on any atom is 0.440 e. The van der Waals surface area contributed by atoms with E-state index in [1.807, 2.05) is 0 Å². The van der Waals surface area contributed by atoms with Gasteiger partial charge in [0, 0.05) is 18.3 Å². The van der Waals surface area contributed by atoms with Crippen LogP contribution in [0.3, 0.4) is 0 Å². The summed E-state index contributed by atoms with van der Waals surface area (Å²) in [7, 11) is 0. The summed E-state index contributed by atoms with van der Waals surface area (Å²) in [6.07, 6.45) is -2.44. The SMILES string of the molecule is CC(C)C(=O)N[C@@]1(C(F)(F)F)NC(=O)N(Cc2cccnc2)C1=O. The summed E-state index contributed by atoms with van der Waals surface area (Å²) in [5, 5.41) is 3.20. The van der Waals surface area contributed by atoms with Crippen molar-refractivity contribution < 1.29 is 27.6 Å². The van der Waals surface area contributed by atoms with Crippen molar-refractivity contribution in [1.29, 1.82) is 0 Å². The fourth-order valence-corrected chi connectivity index (χ4v) is 2.07. The van der Waals surface area contributed by atoms with Crippen LogP contribution >= 0.6 is 0 Å². The Morgan fingerprint density at radius 2 is 2.08 bits per heavy atom. The highest BCUT2D eigenvalue weighted by atomic mass is 19.4. The Morgan fingerprint density at radius 1 is 1.42 bits per heavy atom. The third kappa shape index (κ3) is 3.03. The smallest absolute Gasteiger partial charge is 0.318 e. The molecule has 0 spiro atoms. The molecular weight excluding hydrogens is 329 g/mol. The summed E-state index contributed by atoms with van der Waals surface area (Å²) in [5.41, 5.74) is -3.10. The lowest BCUT2D eigenvalue weighted by Crippen LogP contribution is -2.70. The largest absolute Gasteiger partial charge is 0.440 e. The molecule has 1 fully saturated rings. The van der Waals surface area contributed by atoms with Gasteiger partial charge in [-0.2, -0.15) is 13.2 Å². The van der Waals surface area contributed by atoms with Gasteiger partial charge >= 0.3 is 12.2 Å². The fourth-order valence-electron chi connectivity index (χ4n) is 2.07. The molecule has 10 heteroatoms. The summed E-state index contributed by atoms with van der Waals surface area (Å²) in [4.78, 5) is 40.1. The second kappa shape index (κ2) is 6.10. The van der Waals surface area contributed by atoms with E-state index >= 15 is 0 Å². The minimum Gasteiger partial charge on any atom is -0.318 e. The van der Waals surface area contributed by atoms with E-state index in [9.17, 15) is 27.6 Å². The van der Waals surface area contributed by atoms with Crippen molar-refractivity contribution in [3.05, 3.63) is 30.1 Å². The van der Waals surface area contributed by atoms with Crippen LogP contribution in [0.1, 0.15) is 19.4 Å². The highest BCUT2D eigenvalue weighted by Gasteiger charge is 2.68. The van der Waals surface area contributed by atoms with E-state index in [1.54, 1.807) is 10.6 Å². The van der Waals surface area contributed by atoms with Gasteiger partial charge in [0.25, 0.3) is 11.6 Å². The van der Waals surface area contributed by atoms with Gasteiger partial charge in [0.1, 0.15) is 0 Å². The molecule has 1 aromatic rings. The number of pyridine rings is 1. The first-order valence-electron chi connectivity index (χ1n) is 7.00. The number of carbonyl (C=O) groups excluding carboxylic acids is 3. The average molecular weight is 344 g/mol. The van der Waals surface area contributed by atoms with Crippen LogP contribution in [-0.4, -0.2) is 39.6 Å². The second-order valence-corrected chi connectivity index (χ2v) is 5.57. The van der Waals surface area contributed by atoms with Crippen molar-refractivity contribution in [2.45, 2.75) is 32.2 Å². The number of urea groups is 1. The molecule has 1 saturated heterocycles. The first-order valence-corrected chi connectivity index (χ1v) is 7.00. The summed E-state index contributed by atoms with van der Waals surface area (Å²) in [5.74, 6) is -3.40. The van der Waals surface area contributed by atoms with Gasteiger partial charge in [0.2, 0.25) is 5.91 Å². The van der Waals surface area contributed by atoms with Crippen molar-refractivity contribution >= 4 is 17.8 Å². The third-order valence-corrected chi connectivity index (χ3v) is 3.43. The van der Waals surface area contributed by atoms with Crippen molar-refractivity contribution in [3.8, 4) is 0 Å². The quantitative estimate of drug-likeness (QED) is 0.802. The van der Waals surface area contributed by atoms with Crippen LogP contribution in [0, 0.1) is 5.92 Å². The van der Waals surface area contributed by atoms with Gasteiger partial charge in [0.15, 0.2) is 0 Å². The zero-order valence-corrected chi connectivity index (χ0v) is 12.8. The normalized spacial score (nSPS) is 21.2. The zero-order valence-electron chi connectivity index (χ0n) is 12.8. The molecule has 1 aromatic heterocycles. The molecular formula is C14H15F3N4O3. The fraction of sp³-hybridized carbons (Fsp3) is 0.429. The highest BCUT2D eigenvalue weighted by molar-refractivity contribution is 6.08. The molecule has 1 aliphatic heterocycles. The Morgan fingerprint density at radius 3 is 2.58 bits per heavy atom. The summed E-state index contributed by atoms with van der Waals surface area (Å²) < 4.78 is 40.5. The number of halogens is 3. The van der Waals surface area contributed by atoms with Gasteiger partial charge in [-0.3, -0.25) is 24.8 Å². The molecule has 2 N–H and O–H groups in total. The van der Waals surface area contributed by atoms with Crippen LogP contribution in [0.15, 0.2) is 24.5 Å². The van der Waals surface area contributed by atoms with E-state index < -0.39 is 42.1 Å². The number of hydrogen-bond donors (Lipinski definition) is 2. The number of imide groups is 1. The predicted molar refractivity (Wildman–Crippen MR) is 75.1 cm³/mol. The average Bonchev–Trinajstić information content (AvgIpc) is 2.73. The van der Waals surface area contributed by atoms with Crippen LogP contribution in [-0.2, 0) is 16.1 Å². The molecule has 0 aliphatic carbocycles. The highest BCUT2D eigenvalue weighted by Crippen LogP contribution is 2.34. The van der Waals surface area contributed by atoms with Crippen LogP contribution in [0.5, 0.6) is 0 Å². The minimum absolute atomic E-state index is 0.370. The maximum absolute atomic E-state index is 13.5. The Hall–Kier alpha value is -2.65. The summed E-state index contributed by atoms with van der Waals surface area (Å²) in [6, 6.07) is 1.78. The molecule has 0 radical (unpaired) electrons. The molecule has 2 heterocycles. The number of amides is 4. The minimum atomic E-state index is -5.20. The number of rotatable bonds is 4. The molecule has 0 aromatic carbocycles. The molecule has 1 atom stereocenters. The maximum atomic E-state index is 13.5. The van der Waals surface area contributed by atoms with Crippen LogP contribution in [0.4, 0.5) is 18.0 Å². The molecule has 4 amide bonds. The van der Waals surface area contributed by atoms with E-state index in [2.05, 4.69) is 4.98 Å². The summed E-state index contributed by atoms with van der Waals surface area (Å²) >= 11 is 0. The van der Waals surface area contributed by atoms with E-state index in [1.165, 1.54) is 38.4 Å². The first kappa shape index (κ1) is 17.7. The molecule has 2 rings (SSSR count). The van der Waals surface area contributed by atoms with Crippen LogP contribution in [0.25, 0.3) is 0 Å². The third-order valence-electron chi connectivity index (χ3n) is 3.43. The van der Waals surface area contributed by atoms with Crippen molar-refractivity contribution in [2.24, 2.45) is 5.92 Å². The predicted octanol–water partition coefficient (Wildman–Crippen LogP) is 1.16. The molecule has 0 unspecified atom stereocenters. The monoisotopic (exact) mass is 344 g/mol. The molecule has 7 nitrogen and oxygen atoms in total. The Bertz CT molecular complexity index is 663. The molecule has 0 bridgehead atoms. The van der Waals surface area contributed by atoms with Gasteiger partial charge < -0.3 is 5.32 Å². The van der Waals surface area contributed by atoms with Gasteiger partial charge in [-0.25, -0.2) is 4.79 Å². The van der Waals surface area contributed by atoms with E-state index in [0.717, 1.165) is 0 Å². The standard InChI is InChI=1S/C14H15F3N4O3/c1-8(2)10(22)19-13(14(15,16)17)11(23)21(12(24)20-13)7-9-4-3-5-18-6-9/h3-6,8H,7H2,1-2H3,(H,19,22)(H,20,24)/t13-/m1/s1. The topological polar surface area (TPSA) is 91.4 Å². The Kier molecular flexibility index (Phi) is 4.50. The molecule has 24 heavy (non-hydrogen) atoms.